The molecular weight excluding hydrogens is 220 g/mol. The third-order valence-corrected chi connectivity index (χ3v) is 3.01. The number of aliphatic hydroxyl groups excluding tert-OH is 1. The van der Waals surface area contributed by atoms with Crippen LogP contribution in [0.15, 0.2) is 34.6 Å². The van der Waals surface area contributed by atoms with Crippen molar-refractivity contribution in [2.24, 2.45) is 0 Å². The second kappa shape index (κ2) is 4.75. The zero-order valence-corrected chi connectivity index (χ0v) is 9.77. The normalized spacial score (nSPS) is 21.3. The number of hydrogen-bond acceptors (Lipinski definition) is 3. The quantitative estimate of drug-likeness (QED) is 0.736. The Morgan fingerprint density at radius 2 is 2.18 bits per heavy atom. The highest BCUT2D eigenvalue weighted by Gasteiger charge is 2.26. The lowest BCUT2D eigenvalue weighted by Gasteiger charge is -2.26. The first-order valence-corrected chi connectivity index (χ1v) is 5.79. The number of rotatable bonds is 3. The van der Waals surface area contributed by atoms with Crippen molar-refractivity contribution in [1.29, 1.82) is 0 Å². The molecule has 0 saturated heterocycles. The Morgan fingerprint density at radius 3 is 2.82 bits per heavy atom. The molecule has 0 spiro atoms. The number of carbonyl (C=O) groups is 1. The van der Waals surface area contributed by atoms with Gasteiger partial charge in [0.25, 0.3) is 0 Å². The van der Waals surface area contributed by atoms with E-state index in [1.165, 1.54) is 0 Å². The van der Waals surface area contributed by atoms with Crippen LogP contribution in [-0.2, 0) is 9.53 Å². The molecule has 0 amide bonds. The average Bonchev–Trinajstić information content (AvgIpc) is 2.28. The smallest absolute Gasteiger partial charge is 0.332 e. The van der Waals surface area contributed by atoms with E-state index in [9.17, 15) is 9.90 Å². The highest BCUT2D eigenvalue weighted by atomic mass is 16.6. The Balaban J connectivity index is 2.42. The van der Waals surface area contributed by atoms with Crippen molar-refractivity contribution in [3.05, 3.63) is 34.6 Å². The van der Waals surface area contributed by atoms with E-state index in [0.29, 0.717) is 18.4 Å². The predicted octanol–water partition coefficient (Wildman–Crippen LogP) is 2.12. The number of allylic oxidation sites excluding steroid dienone is 5. The molecule has 0 saturated carbocycles. The van der Waals surface area contributed by atoms with Gasteiger partial charge in [0.15, 0.2) is 6.29 Å². The van der Waals surface area contributed by atoms with E-state index < -0.39 is 12.3 Å². The van der Waals surface area contributed by atoms with Crippen molar-refractivity contribution in [2.75, 3.05) is 0 Å². The first-order chi connectivity index (χ1) is 8.09. The number of carboxylic acids is 1. The van der Waals surface area contributed by atoms with Gasteiger partial charge >= 0.3 is 5.97 Å². The van der Waals surface area contributed by atoms with Crippen LogP contribution >= 0.6 is 0 Å². The number of aliphatic carboxylic acids is 1. The molecule has 0 aliphatic heterocycles. The first kappa shape index (κ1) is 11.9. The van der Waals surface area contributed by atoms with Crippen molar-refractivity contribution in [3.8, 4) is 0 Å². The van der Waals surface area contributed by atoms with Crippen LogP contribution in [-0.4, -0.2) is 22.5 Å². The Labute approximate surface area is 99.9 Å². The molecule has 2 aliphatic carbocycles. The Morgan fingerprint density at radius 1 is 1.41 bits per heavy atom. The van der Waals surface area contributed by atoms with Crippen molar-refractivity contribution in [3.63, 3.8) is 0 Å². The summed E-state index contributed by atoms with van der Waals surface area (Å²) in [6.45, 7) is 1.56. The van der Waals surface area contributed by atoms with Crippen molar-refractivity contribution in [1.82, 2.24) is 0 Å². The maximum Gasteiger partial charge on any atom is 0.332 e. The minimum Gasteiger partial charge on any atom is -0.478 e. The molecule has 0 fully saturated rings. The summed E-state index contributed by atoms with van der Waals surface area (Å²) in [4.78, 5) is 11.1. The molecule has 2 aliphatic rings. The fourth-order valence-corrected chi connectivity index (χ4v) is 2.32. The highest BCUT2D eigenvalue weighted by Crippen LogP contribution is 2.37. The molecule has 0 bridgehead atoms. The van der Waals surface area contributed by atoms with Gasteiger partial charge in [-0.25, -0.2) is 4.79 Å². The molecule has 1 unspecified atom stereocenters. The molecule has 1 atom stereocenters. The van der Waals surface area contributed by atoms with Crippen molar-refractivity contribution < 1.29 is 19.7 Å². The van der Waals surface area contributed by atoms with E-state index in [1.54, 1.807) is 6.92 Å². The number of fused-ring (bicyclic) bond motifs is 1. The summed E-state index contributed by atoms with van der Waals surface area (Å²) >= 11 is 0. The molecule has 17 heavy (non-hydrogen) atoms. The molecule has 0 aromatic rings. The van der Waals surface area contributed by atoms with Crippen molar-refractivity contribution in [2.45, 2.75) is 38.9 Å². The van der Waals surface area contributed by atoms with Crippen LogP contribution in [0.5, 0.6) is 0 Å². The average molecular weight is 236 g/mol. The van der Waals surface area contributed by atoms with Gasteiger partial charge in [0.2, 0.25) is 0 Å². The second-order valence-corrected chi connectivity index (χ2v) is 4.26. The maximum absolute atomic E-state index is 11.1. The molecule has 2 rings (SSSR count). The largest absolute Gasteiger partial charge is 0.478 e. The molecule has 4 heteroatoms. The second-order valence-electron chi connectivity index (χ2n) is 4.26. The van der Waals surface area contributed by atoms with Gasteiger partial charge in [-0.2, -0.15) is 0 Å². The molecule has 2 N–H and O–H groups in total. The number of hydrogen-bond donors (Lipinski definition) is 2. The lowest BCUT2D eigenvalue weighted by atomic mass is 9.84. The van der Waals surface area contributed by atoms with Crippen molar-refractivity contribution >= 4 is 5.97 Å². The molecular formula is C13H16O4. The monoisotopic (exact) mass is 236 g/mol. The minimum atomic E-state index is -0.861. The first-order valence-electron chi connectivity index (χ1n) is 5.79. The zero-order chi connectivity index (χ0) is 12.4. The summed E-state index contributed by atoms with van der Waals surface area (Å²) in [5, 5.41) is 18.4. The van der Waals surface area contributed by atoms with Gasteiger partial charge in [-0.3, -0.25) is 0 Å². The van der Waals surface area contributed by atoms with Crippen LogP contribution in [0.4, 0.5) is 0 Å². The summed E-state index contributed by atoms with van der Waals surface area (Å²) < 4.78 is 5.36. The van der Waals surface area contributed by atoms with Gasteiger partial charge in [-0.1, -0.05) is 12.2 Å². The fourth-order valence-electron chi connectivity index (χ4n) is 2.32. The Kier molecular flexibility index (Phi) is 3.33. The van der Waals surface area contributed by atoms with Gasteiger partial charge in [-0.05, 0) is 37.3 Å². The van der Waals surface area contributed by atoms with E-state index in [2.05, 4.69) is 0 Å². The van der Waals surface area contributed by atoms with Crippen LogP contribution < -0.4 is 0 Å². The standard InChI is InChI=1S/C13H16O4/c1-8(14)17-12-7-6-11(13(15)16)9-4-2-3-5-10(9)12/h2,4,8,14H,3,5-7H2,1H3,(H,15,16). The molecule has 0 aromatic carbocycles. The van der Waals surface area contributed by atoms with E-state index >= 15 is 0 Å². The Hall–Kier alpha value is -1.55. The van der Waals surface area contributed by atoms with Crippen LogP contribution in [0, 0.1) is 0 Å². The molecule has 92 valence electrons. The van der Waals surface area contributed by atoms with E-state index in [-0.39, 0.29) is 0 Å². The number of aliphatic hydroxyl groups is 1. The molecule has 0 radical (unpaired) electrons. The maximum atomic E-state index is 11.1. The van der Waals surface area contributed by atoms with Gasteiger partial charge in [0.1, 0.15) is 5.76 Å². The van der Waals surface area contributed by atoms with Gasteiger partial charge in [-0.15, -0.1) is 0 Å². The summed E-state index contributed by atoms with van der Waals surface area (Å²) in [6, 6.07) is 0. The lowest BCUT2D eigenvalue weighted by Crippen LogP contribution is -2.17. The van der Waals surface area contributed by atoms with E-state index in [4.69, 9.17) is 9.84 Å². The summed E-state index contributed by atoms with van der Waals surface area (Å²) in [6.07, 6.45) is 5.67. The van der Waals surface area contributed by atoms with Gasteiger partial charge < -0.3 is 14.9 Å². The summed E-state index contributed by atoms with van der Waals surface area (Å²) in [7, 11) is 0. The van der Waals surface area contributed by atoms with E-state index in [1.807, 2.05) is 12.2 Å². The predicted molar refractivity (Wildman–Crippen MR) is 62.1 cm³/mol. The van der Waals surface area contributed by atoms with Crippen LogP contribution in [0.1, 0.15) is 32.6 Å². The third kappa shape index (κ3) is 2.42. The van der Waals surface area contributed by atoms with E-state index in [0.717, 1.165) is 29.7 Å². The third-order valence-electron chi connectivity index (χ3n) is 3.01. The summed E-state index contributed by atoms with van der Waals surface area (Å²) in [5.74, 6) is -0.121. The summed E-state index contributed by atoms with van der Waals surface area (Å²) in [5.41, 5.74) is 2.16. The zero-order valence-electron chi connectivity index (χ0n) is 9.77. The topological polar surface area (TPSA) is 66.8 Å². The fraction of sp³-hybridized carbons (Fsp3) is 0.462. The minimum absolute atomic E-state index is 0.453. The van der Waals surface area contributed by atoms with Gasteiger partial charge in [0.05, 0.1) is 0 Å². The highest BCUT2D eigenvalue weighted by molar-refractivity contribution is 5.90. The Bertz CT molecular complexity index is 427. The van der Waals surface area contributed by atoms with Crippen LogP contribution in [0.25, 0.3) is 0 Å². The number of ether oxygens (including phenoxy) is 1. The SMILES string of the molecule is CC(O)OC1=C2CCC=CC2=C(C(=O)O)CC1. The van der Waals surface area contributed by atoms with Crippen LogP contribution in [0.3, 0.4) is 0 Å². The molecule has 0 aromatic heterocycles. The molecule has 0 heterocycles. The van der Waals surface area contributed by atoms with Crippen LogP contribution in [0.2, 0.25) is 0 Å². The lowest BCUT2D eigenvalue weighted by molar-refractivity contribution is -0.132. The molecule has 4 nitrogen and oxygen atoms in total. The number of carboxylic acid groups (broad SMARTS) is 1. The van der Waals surface area contributed by atoms with Gasteiger partial charge in [0, 0.05) is 12.0 Å².